The number of rotatable bonds is 5. The molecule has 39 nitrogen and oxygen atoms in total. The van der Waals surface area contributed by atoms with E-state index in [0.717, 1.165) is 48.1 Å². The summed E-state index contributed by atoms with van der Waals surface area (Å²) in [4.78, 5) is 177. The molecule has 0 aromatic carbocycles. The second-order valence-corrected chi connectivity index (χ2v) is 12.2. The van der Waals surface area contributed by atoms with Gasteiger partial charge in [0.15, 0.2) is 0 Å². The topological polar surface area (TPSA) is 597 Å². The van der Waals surface area contributed by atoms with Crippen LogP contribution in [0, 0.1) is 0 Å². The molecule has 0 saturated carbocycles. The molecule has 0 spiro atoms. The molecule has 8 amide bonds. The molecule has 0 fully saturated rings. The van der Waals surface area contributed by atoms with Crippen LogP contribution in [-0.4, -0.2) is 251 Å². The van der Waals surface area contributed by atoms with Crippen LogP contribution in [0.2, 0.25) is 0 Å². The normalized spacial score (nSPS) is 5.66. The maximum absolute atomic E-state index is 9.70. The summed E-state index contributed by atoms with van der Waals surface area (Å²) in [6.07, 6.45) is 0. The van der Waals surface area contributed by atoms with E-state index >= 15 is 0 Å². The molecule has 0 aromatic rings. The molecule has 0 rings (SSSR count). The Morgan fingerprint density at radius 3 is 0.295 bits per heavy atom. The van der Waals surface area contributed by atoms with Gasteiger partial charge in [0.25, 0.3) is 61.7 Å². The smallest absolute Gasteiger partial charge is 0.302 e. The number of carbonyl (C=O) groups excluding carboxylic acids is 13. The Morgan fingerprint density at radius 2 is 0.295 bits per heavy atom. The second kappa shape index (κ2) is 274. The maximum Gasteiger partial charge on any atom is 0.302 e. The quantitative estimate of drug-likeness (QED) is 0.0956. The van der Waals surface area contributed by atoms with Crippen molar-refractivity contribution in [1.29, 1.82) is 0 Å². The SMILES string of the molecule is C.C.C.C.CC.CC.CC.CC.CC(=O)O.CC(=O)O.CC(=O)O.CC(=O)O.CC(=O)O.CC(=O)O.CCOC.CNC(C)=O.CNC(C)=O.CNC(C)=O.CNC(C)=O.CNC(C)=O.CNC(C)=O.CNC(C)=O.CNC(C)=O.COC(C)=O.COC=O.COC=O.COC=O.COC=O.[Y].[Y].[Y].[Y]. The second-order valence-electron chi connectivity index (χ2n) is 12.2. The van der Waals surface area contributed by atoms with Crippen molar-refractivity contribution in [3.63, 3.8) is 0 Å². The number of carbonyl (C=O) groups is 19. The average molecular weight is 1860 g/mol. The Morgan fingerprint density at radius 1 is 0.257 bits per heavy atom. The molecule has 0 aliphatic carbocycles. The van der Waals surface area contributed by atoms with Crippen molar-refractivity contribution >= 4 is 115 Å². The maximum atomic E-state index is 9.70. The van der Waals surface area contributed by atoms with Crippen molar-refractivity contribution in [2.24, 2.45) is 0 Å². The molecule has 0 aliphatic rings. The first-order chi connectivity index (χ1) is 44.4. The number of esters is 1. The molecule has 0 aromatic heterocycles. The average Bonchev–Trinajstić information content (AvgIpc) is 3.53. The largest absolute Gasteiger partial charge is 0.481 e. The number of hydrogen-bond donors (Lipinski definition) is 14. The van der Waals surface area contributed by atoms with Crippen molar-refractivity contribution in [2.75, 3.05) is 106 Å². The molecule has 0 aliphatic heterocycles. The minimum atomic E-state index is -0.833. The Kier molecular flexibility index (Phi) is 552. The van der Waals surface area contributed by atoms with Crippen LogP contribution in [0.3, 0.4) is 0 Å². The van der Waals surface area contributed by atoms with Gasteiger partial charge in [-0.15, -0.1) is 0 Å². The van der Waals surface area contributed by atoms with Gasteiger partial charge >= 0.3 is 5.97 Å². The third-order valence-corrected chi connectivity index (χ3v) is 3.78. The van der Waals surface area contributed by atoms with Gasteiger partial charge in [0.1, 0.15) is 0 Å². The molecular weight excluding hydrogens is 1710 g/mol. The molecule has 0 bridgehead atoms. The van der Waals surface area contributed by atoms with Gasteiger partial charge in [0.05, 0.1) is 35.5 Å². The zero-order chi connectivity index (χ0) is 85.1. The zero-order valence-corrected chi connectivity index (χ0v) is 79.1. The predicted molar refractivity (Wildman–Crippen MR) is 398 cm³/mol. The number of nitrogens with one attached hydrogen (secondary N) is 8. The van der Waals surface area contributed by atoms with Crippen LogP contribution in [0.15, 0.2) is 0 Å². The molecule has 0 saturated heterocycles. The van der Waals surface area contributed by atoms with Crippen molar-refractivity contribution in [1.82, 2.24) is 42.5 Å². The van der Waals surface area contributed by atoms with E-state index in [1.807, 2.05) is 62.3 Å². The Hall–Kier alpha value is -5.69. The van der Waals surface area contributed by atoms with Crippen molar-refractivity contribution in [3.8, 4) is 0 Å². The van der Waals surface area contributed by atoms with Crippen LogP contribution in [0.4, 0.5) is 0 Å². The van der Waals surface area contributed by atoms with E-state index in [1.54, 1.807) is 63.5 Å². The van der Waals surface area contributed by atoms with Gasteiger partial charge in [-0.05, 0) is 6.92 Å². The van der Waals surface area contributed by atoms with Gasteiger partial charge in [-0.1, -0.05) is 85.1 Å². The fraction of sp³-hybridized carbons (Fsp3) is 0.694. The zero-order valence-electron chi connectivity index (χ0n) is 67.7. The Bertz CT molecular complexity index is 1340. The summed E-state index contributed by atoms with van der Waals surface area (Å²) < 4.78 is 24.1. The van der Waals surface area contributed by atoms with Gasteiger partial charge < -0.3 is 102 Å². The fourth-order valence-corrected chi connectivity index (χ4v) is 0. The van der Waals surface area contributed by atoms with Crippen LogP contribution in [-0.2, 0) is 250 Å². The van der Waals surface area contributed by atoms with Gasteiger partial charge in [-0.3, -0.25) is 91.1 Å². The minimum Gasteiger partial charge on any atom is -0.481 e. The van der Waals surface area contributed by atoms with Crippen LogP contribution in [0.1, 0.15) is 196 Å². The van der Waals surface area contributed by atoms with Crippen LogP contribution in [0.5, 0.6) is 0 Å². The molecule has 4 radical (unpaired) electrons. The monoisotopic (exact) mass is 1860 g/mol. The van der Waals surface area contributed by atoms with Gasteiger partial charge in [0, 0.05) is 305 Å². The molecule has 105 heavy (non-hydrogen) atoms. The number of amides is 8. The number of carboxylic acid groups (broad SMARTS) is 6. The summed E-state index contributed by atoms with van der Waals surface area (Å²) >= 11 is 0. The van der Waals surface area contributed by atoms with Gasteiger partial charge in [-0.25, -0.2) is 0 Å². The van der Waals surface area contributed by atoms with E-state index in [9.17, 15) is 43.2 Å². The minimum absolute atomic E-state index is 0. The molecule has 0 atom stereocenters. The summed E-state index contributed by atoms with van der Waals surface area (Å²) in [5, 5.41) is 63.6. The van der Waals surface area contributed by atoms with Gasteiger partial charge in [-0.2, -0.15) is 0 Å². The molecular formula is C62H150N8O31Y4. The van der Waals surface area contributed by atoms with E-state index in [2.05, 4.69) is 71.0 Å². The van der Waals surface area contributed by atoms with Crippen molar-refractivity contribution < 1.29 is 281 Å². The number of aliphatic carboxylic acids is 6. The predicted octanol–water partition coefficient (Wildman–Crippen LogP) is 5.19. The van der Waals surface area contributed by atoms with Crippen LogP contribution >= 0.6 is 0 Å². The van der Waals surface area contributed by atoms with E-state index < -0.39 is 35.8 Å². The van der Waals surface area contributed by atoms with Crippen molar-refractivity contribution in [2.45, 2.75) is 196 Å². The first-order valence-corrected chi connectivity index (χ1v) is 27.4. The molecule has 636 valence electrons. The molecule has 43 heteroatoms. The number of hydrogen-bond acceptors (Lipinski definition) is 25. The summed E-state index contributed by atoms with van der Waals surface area (Å²) in [5.74, 6) is -5.21. The van der Waals surface area contributed by atoms with Crippen LogP contribution in [0.25, 0.3) is 0 Å². The van der Waals surface area contributed by atoms with E-state index in [4.69, 9.17) is 78.6 Å². The first-order valence-electron chi connectivity index (χ1n) is 27.4. The van der Waals surface area contributed by atoms with Crippen molar-refractivity contribution in [3.05, 3.63) is 0 Å². The number of ether oxygens (including phenoxy) is 6. The summed E-state index contributed by atoms with van der Waals surface area (Å²) in [6.45, 7) is 39.9. The van der Waals surface area contributed by atoms with E-state index in [-0.39, 0.29) is 214 Å². The van der Waals surface area contributed by atoms with Crippen LogP contribution < -0.4 is 42.5 Å². The Labute approximate surface area is 733 Å². The molecule has 14 N–H and O–H groups in total. The third-order valence-electron chi connectivity index (χ3n) is 3.78. The number of methoxy groups -OCH3 is 6. The molecule has 0 unspecified atom stereocenters. The first kappa shape index (κ1) is 212. The van der Waals surface area contributed by atoms with E-state index in [0.29, 0.717) is 25.9 Å². The molecule has 0 heterocycles. The Balaban J connectivity index is -0.0000000177. The summed E-state index contributed by atoms with van der Waals surface area (Å²) in [7, 11) is 21.1. The van der Waals surface area contributed by atoms with Gasteiger partial charge in [0.2, 0.25) is 47.3 Å². The fourth-order valence-electron chi connectivity index (χ4n) is 0. The summed E-state index contributed by atoms with van der Waals surface area (Å²) in [5.41, 5.74) is 0. The standard InChI is InChI=1S/8C3H7NO.C3H6O2.C3H8O.10C2H4O2.4C2H6.4CH4.4Y/c8*1-3(5)4-2;1-3(4)5-2;1-3-4-2;4*1-4-2-3;6*1-2(3)4;4*1-2;;;;;;;;/h8*1-2H3,(H,4,5);1-2H3;3H2,1-2H3;4*2H,1H3;6*1H3,(H,3,4);4*1-2H3;4*1H4;;;;. The third kappa shape index (κ3) is 3040. The summed E-state index contributed by atoms with van der Waals surface area (Å²) in [6, 6.07) is 0. The number of carboxylic acids is 6. The van der Waals surface area contributed by atoms with E-state index in [1.165, 1.54) is 97.9 Å².